The van der Waals surface area contributed by atoms with Crippen LogP contribution in [0.25, 0.3) is 0 Å². The molecule has 1 aromatic carbocycles. The van der Waals surface area contributed by atoms with Crippen LogP contribution in [-0.4, -0.2) is 24.4 Å². The zero-order valence-corrected chi connectivity index (χ0v) is 10.8. The first kappa shape index (κ1) is 12.7. The van der Waals surface area contributed by atoms with Gasteiger partial charge in [0.25, 0.3) is 0 Å². The molecule has 0 aliphatic rings. The van der Waals surface area contributed by atoms with E-state index in [1.807, 2.05) is 31.2 Å². The van der Waals surface area contributed by atoms with Crippen molar-refractivity contribution >= 4 is 15.9 Å². The third kappa shape index (κ3) is 4.78. The van der Waals surface area contributed by atoms with Crippen molar-refractivity contribution in [1.82, 2.24) is 0 Å². The molecule has 15 heavy (non-hydrogen) atoms. The average molecular weight is 273 g/mol. The van der Waals surface area contributed by atoms with E-state index in [4.69, 9.17) is 4.74 Å². The monoisotopic (exact) mass is 272 g/mol. The second kappa shape index (κ2) is 5.64. The van der Waals surface area contributed by atoms with Crippen molar-refractivity contribution in [1.29, 1.82) is 0 Å². The summed E-state index contributed by atoms with van der Waals surface area (Å²) in [6.07, 6.45) is 1.30. The average Bonchev–Trinajstić information content (AvgIpc) is 2.14. The van der Waals surface area contributed by atoms with Gasteiger partial charge in [-0.2, -0.15) is 0 Å². The van der Waals surface area contributed by atoms with Crippen LogP contribution in [0.4, 0.5) is 0 Å². The minimum absolute atomic E-state index is 0.584. The predicted molar refractivity (Wildman–Crippen MR) is 65.0 cm³/mol. The van der Waals surface area contributed by atoms with Gasteiger partial charge in [0.1, 0.15) is 0 Å². The van der Waals surface area contributed by atoms with Crippen molar-refractivity contribution in [2.24, 2.45) is 0 Å². The molecule has 84 valence electrons. The van der Waals surface area contributed by atoms with Crippen LogP contribution in [0.2, 0.25) is 0 Å². The zero-order chi connectivity index (χ0) is 11.3. The lowest BCUT2D eigenvalue weighted by atomic mass is 9.94. The van der Waals surface area contributed by atoms with E-state index < -0.39 is 5.60 Å². The molecule has 2 nitrogen and oxygen atoms in total. The number of hydrogen-bond donors (Lipinski definition) is 1. The fraction of sp³-hybridized carbons (Fsp3) is 0.500. The Bertz CT molecular complexity index is 310. The highest BCUT2D eigenvalue weighted by molar-refractivity contribution is 9.10. The van der Waals surface area contributed by atoms with E-state index in [9.17, 15) is 5.11 Å². The Kier molecular flexibility index (Phi) is 4.77. The second-order valence-corrected chi connectivity index (χ2v) is 4.96. The van der Waals surface area contributed by atoms with Crippen molar-refractivity contribution in [2.75, 3.05) is 13.7 Å². The smallest absolute Gasteiger partial charge is 0.0681 e. The molecule has 3 heteroatoms. The van der Waals surface area contributed by atoms with E-state index in [0.29, 0.717) is 19.4 Å². The van der Waals surface area contributed by atoms with Gasteiger partial charge in [0.15, 0.2) is 0 Å². The van der Waals surface area contributed by atoms with E-state index in [1.54, 1.807) is 7.11 Å². The van der Waals surface area contributed by atoms with Gasteiger partial charge >= 0.3 is 0 Å². The number of benzene rings is 1. The molecule has 0 aliphatic carbocycles. The van der Waals surface area contributed by atoms with Gasteiger partial charge in [-0.15, -0.1) is 0 Å². The Labute approximate surface area is 99.4 Å². The van der Waals surface area contributed by atoms with Crippen LogP contribution in [0.3, 0.4) is 0 Å². The molecule has 0 spiro atoms. The SMILES string of the molecule is COCCC(C)(O)Cc1cccc(Br)c1. The van der Waals surface area contributed by atoms with Gasteiger partial charge in [0.2, 0.25) is 0 Å². The third-order valence-corrected chi connectivity index (χ3v) is 2.81. The highest BCUT2D eigenvalue weighted by Gasteiger charge is 2.20. The Hall–Kier alpha value is -0.380. The van der Waals surface area contributed by atoms with E-state index in [2.05, 4.69) is 15.9 Å². The summed E-state index contributed by atoms with van der Waals surface area (Å²) in [6, 6.07) is 8.01. The lowest BCUT2D eigenvalue weighted by Gasteiger charge is -2.23. The van der Waals surface area contributed by atoms with Crippen LogP contribution in [0.15, 0.2) is 28.7 Å². The number of hydrogen-bond acceptors (Lipinski definition) is 2. The summed E-state index contributed by atoms with van der Waals surface area (Å²) in [5.74, 6) is 0. The molecule has 0 fully saturated rings. The van der Waals surface area contributed by atoms with Gasteiger partial charge in [-0.1, -0.05) is 28.1 Å². The van der Waals surface area contributed by atoms with Crippen LogP contribution < -0.4 is 0 Å². The van der Waals surface area contributed by atoms with Crippen molar-refractivity contribution in [3.05, 3.63) is 34.3 Å². The molecule has 1 aromatic rings. The molecule has 0 saturated heterocycles. The maximum atomic E-state index is 10.1. The topological polar surface area (TPSA) is 29.5 Å². The van der Waals surface area contributed by atoms with Crippen molar-refractivity contribution in [2.45, 2.75) is 25.4 Å². The Morgan fingerprint density at radius 2 is 2.20 bits per heavy atom. The van der Waals surface area contributed by atoms with E-state index >= 15 is 0 Å². The number of ether oxygens (including phenoxy) is 1. The first-order valence-electron chi connectivity index (χ1n) is 4.99. The molecule has 1 N–H and O–H groups in total. The summed E-state index contributed by atoms with van der Waals surface area (Å²) in [5, 5.41) is 10.1. The summed E-state index contributed by atoms with van der Waals surface area (Å²) in [7, 11) is 1.65. The predicted octanol–water partition coefficient (Wildman–Crippen LogP) is 2.78. The molecule has 1 atom stereocenters. The molecule has 0 bridgehead atoms. The molecule has 0 heterocycles. The molecule has 0 radical (unpaired) electrons. The van der Waals surface area contributed by atoms with Gasteiger partial charge < -0.3 is 9.84 Å². The molecule has 1 rings (SSSR count). The van der Waals surface area contributed by atoms with Crippen LogP contribution in [0.1, 0.15) is 18.9 Å². The zero-order valence-electron chi connectivity index (χ0n) is 9.16. The molecule has 1 unspecified atom stereocenters. The number of halogens is 1. The molecule has 0 saturated carbocycles. The summed E-state index contributed by atoms with van der Waals surface area (Å²) in [4.78, 5) is 0. The number of aliphatic hydroxyl groups is 1. The maximum absolute atomic E-state index is 10.1. The molecule has 0 amide bonds. The number of methoxy groups -OCH3 is 1. The summed E-state index contributed by atoms with van der Waals surface area (Å²) in [6.45, 7) is 2.42. The second-order valence-electron chi connectivity index (χ2n) is 4.05. The van der Waals surface area contributed by atoms with E-state index in [0.717, 1.165) is 10.0 Å². The lowest BCUT2D eigenvalue weighted by Crippen LogP contribution is -2.28. The molecule has 0 aliphatic heterocycles. The standard InChI is InChI=1S/C12H17BrO2/c1-12(14,6-7-15-2)9-10-4-3-5-11(13)8-10/h3-5,8,14H,6-7,9H2,1-2H3. The van der Waals surface area contributed by atoms with Gasteiger partial charge in [-0.25, -0.2) is 0 Å². The van der Waals surface area contributed by atoms with E-state index in [1.165, 1.54) is 0 Å². The Morgan fingerprint density at radius 1 is 1.47 bits per heavy atom. The normalized spacial score (nSPS) is 14.9. The van der Waals surface area contributed by atoms with Crippen LogP contribution in [0.5, 0.6) is 0 Å². The van der Waals surface area contributed by atoms with Crippen molar-refractivity contribution in [3.63, 3.8) is 0 Å². The van der Waals surface area contributed by atoms with Crippen molar-refractivity contribution < 1.29 is 9.84 Å². The summed E-state index contributed by atoms with van der Waals surface area (Å²) >= 11 is 3.42. The summed E-state index contributed by atoms with van der Waals surface area (Å²) in [5.41, 5.74) is 0.432. The highest BCUT2D eigenvalue weighted by Crippen LogP contribution is 2.19. The molecule has 0 aromatic heterocycles. The molecular formula is C12H17BrO2. The number of rotatable bonds is 5. The van der Waals surface area contributed by atoms with Gasteiger partial charge in [0.05, 0.1) is 5.60 Å². The van der Waals surface area contributed by atoms with Gasteiger partial charge in [-0.05, 0) is 31.0 Å². The molecular weight excluding hydrogens is 256 g/mol. The minimum atomic E-state index is -0.698. The fourth-order valence-corrected chi connectivity index (χ4v) is 1.94. The highest BCUT2D eigenvalue weighted by atomic mass is 79.9. The first-order valence-corrected chi connectivity index (χ1v) is 5.78. The Morgan fingerprint density at radius 3 is 2.80 bits per heavy atom. The third-order valence-electron chi connectivity index (χ3n) is 2.32. The quantitative estimate of drug-likeness (QED) is 0.893. The van der Waals surface area contributed by atoms with Gasteiger partial charge in [-0.3, -0.25) is 0 Å². The summed E-state index contributed by atoms with van der Waals surface area (Å²) < 4.78 is 6.01. The fourth-order valence-electron chi connectivity index (χ4n) is 1.50. The minimum Gasteiger partial charge on any atom is -0.390 e. The lowest BCUT2D eigenvalue weighted by molar-refractivity contribution is 0.0249. The largest absolute Gasteiger partial charge is 0.390 e. The van der Waals surface area contributed by atoms with E-state index in [-0.39, 0.29) is 0 Å². The van der Waals surface area contributed by atoms with Crippen LogP contribution >= 0.6 is 15.9 Å². The maximum Gasteiger partial charge on any atom is 0.0681 e. The van der Waals surface area contributed by atoms with Gasteiger partial charge in [0, 0.05) is 24.6 Å². The van der Waals surface area contributed by atoms with Crippen LogP contribution in [-0.2, 0) is 11.2 Å². The Balaban J connectivity index is 2.60. The van der Waals surface area contributed by atoms with Crippen LogP contribution in [0, 0.1) is 0 Å². The first-order chi connectivity index (χ1) is 7.03. The van der Waals surface area contributed by atoms with Crippen molar-refractivity contribution in [3.8, 4) is 0 Å².